The van der Waals surface area contributed by atoms with Gasteiger partial charge in [-0.3, -0.25) is 4.79 Å². The Labute approximate surface area is 215 Å². The molecule has 2 aromatic rings. The second-order valence-electron chi connectivity index (χ2n) is 8.68. The molecule has 4 rings (SSSR count). The number of methoxy groups -OCH3 is 3. The summed E-state index contributed by atoms with van der Waals surface area (Å²) in [5, 5.41) is 0. The van der Waals surface area contributed by atoms with E-state index in [1.54, 1.807) is 33.5 Å². The van der Waals surface area contributed by atoms with Crippen molar-refractivity contribution in [3.8, 4) is 28.7 Å². The Balaban J connectivity index is 0.00000176. The van der Waals surface area contributed by atoms with Gasteiger partial charge in [0.05, 0.1) is 21.3 Å². The van der Waals surface area contributed by atoms with Crippen LogP contribution in [-0.4, -0.2) is 76.4 Å². The summed E-state index contributed by atoms with van der Waals surface area (Å²) in [6.45, 7) is 7.28. The number of rotatable bonds is 9. The molecule has 1 saturated heterocycles. The zero-order valence-corrected chi connectivity index (χ0v) is 22.5. The minimum Gasteiger partial charge on any atom is -0.493 e. The van der Waals surface area contributed by atoms with Crippen molar-refractivity contribution in [2.24, 2.45) is 0 Å². The van der Waals surface area contributed by atoms with Crippen LogP contribution in [0.3, 0.4) is 0 Å². The summed E-state index contributed by atoms with van der Waals surface area (Å²) >= 11 is 0. The van der Waals surface area contributed by atoms with E-state index in [9.17, 15) is 4.79 Å². The van der Waals surface area contributed by atoms with E-state index in [1.165, 1.54) is 6.42 Å². The van der Waals surface area contributed by atoms with E-state index < -0.39 is 0 Å². The van der Waals surface area contributed by atoms with Crippen LogP contribution >= 0.6 is 0 Å². The molecule has 1 fully saturated rings. The van der Waals surface area contributed by atoms with Crippen LogP contribution in [0.5, 0.6) is 28.7 Å². The molecule has 2 aliphatic heterocycles. The van der Waals surface area contributed by atoms with Crippen LogP contribution in [0, 0.1) is 0 Å². The summed E-state index contributed by atoms with van der Waals surface area (Å²) < 4.78 is 27.8. The van der Waals surface area contributed by atoms with Crippen molar-refractivity contribution in [2.45, 2.75) is 45.7 Å². The van der Waals surface area contributed by atoms with Crippen molar-refractivity contribution in [3.05, 3.63) is 41.5 Å². The third kappa shape index (κ3) is 6.35. The number of benzene rings is 2. The number of amides is 1. The van der Waals surface area contributed by atoms with Crippen LogP contribution in [0.4, 0.5) is 0 Å². The van der Waals surface area contributed by atoms with Crippen LogP contribution in [0.1, 0.15) is 49.0 Å². The molecule has 8 nitrogen and oxygen atoms in total. The summed E-state index contributed by atoms with van der Waals surface area (Å²) in [5.74, 6) is 2.76. The van der Waals surface area contributed by atoms with Gasteiger partial charge in [-0.2, -0.15) is 0 Å². The van der Waals surface area contributed by atoms with E-state index in [4.69, 9.17) is 23.7 Å². The van der Waals surface area contributed by atoms with Crippen LogP contribution in [0.2, 0.25) is 0 Å². The van der Waals surface area contributed by atoms with Crippen molar-refractivity contribution in [3.63, 3.8) is 0 Å². The number of carbonyl (C=O) groups excluding carboxylic acids is 1. The Hall–Kier alpha value is -3.13. The van der Waals surface area contributed by atoms with Gasteiger partial charge < -0.3 is 33.5 Å². The Morgan fingerprint density at radius 1 is 1.00 bits per heavy atom. The first-order chi connectivity index (χ1) is 17.5. The molecule has 2 aliphatic rings. The standard InChI is InChI=1S/C26H34N2O6.C2H6/c1-27-10-5-6-20(27)9-11-28(17-18-7-8-21-22(14-18)34-13-12-33-21)26(29)19-15-23(30-2)25(32-4)24(16-19)31-3;1-2/h7-8,14-16,20H,5-6,9-13,17H2,1-4H3;1-2H3. The Kier molecular flexibility index (Phi) is 10.1. The Morgan fingerprint density at radius 3 is 2.25 bits per heavy atom. The van der Waals surface area contributed by atoms with Gasteiger partial charge in [0, 0.05) is 24.7 Å². The quantitative estimate of drug-likeness (QED) is 0.497. The van der Waals surface area contributed by atoms with E-state index in [0.29, 0.717) is 55.2 Å². The molecule has 1 atom stereocenters. The van der Waals surface area contributed by atoms with E-state index in [-0.39, 0.29) is 5.91 Å². The number of carbonyl (C=O) groups is 1. The molecule has 0 spiro atoms. The van der Waals surface area contributed by atoms with E-state index in [1.807, 2.05) is 36.9 Å². The van der Waals surface area contributed by atoms with Gasteiger partial charge in [-0.1, -0.05) is 19.9 Å². The van der Waals surface area contributed by atoms with Crippen LogP contribution in [0.25, 0.3) is 0 Å². The lowest BCUT2D eigenvalue weighted by Crippen LogP contribution is -2.35. The minimum absolute atomic E-state index is 0.0882. The SMILES string of the molecule is CC.COc1cc(C(=O)N(CCC2CCCN2C)Cc2ccc3c(c2)OCCO3)cc(OC)c1OC. The lowest BCUT2D eigenvalue weighted by atomic mass is 10.1. The zero-order chi connectivity index (χ0) is 26.1. The fourth-order valence-electron chi connectivity index (χ4n) is 4.69. The monoisotopic (exact) mass is 500 g/mol. The highest BCUT2D eigenvalue weighted by Crippen LogP contribution is 2.39. The fraction of sp³-hybridized carbons (Fsp3) is 0.536. The van der Waals surface area contributed by atoms with Crippen LogP contribution in [-0.2, 0) is 6.54 Å². The van der Waals surface area contributed by atoms with Gasteiger partial charge in [-0.05, 0) is 62.7 Å². The molecule has 2 aromatic carbocycles. The number of likely N-dealkylation sites (tertiary alicyclic amines) is 1. The molecule has 0 bridgehead atoms. The second-order valence-corrected chi connectivity index (χ2v) is 8.68. The maximum absolute atomic E-state index is 13.8. The van der Waals surface area contributed by atoms with Gasteiger partial charge in [0.1, 0.15) is 13.2 Å². The molecule has 0 aromatic heterocycles. The molecular formula is C28H40N2O6. The average molecular weight is 501 g/mol. The highest BCUT2D eigenvalue weighted by Gasteiger charge is 2.26. The molecular weight excluding hydrogens is 460 g/mol. The fourth-order valence-corrected chi connectivity index (χ4v) is 4.69. The largest absolute Gasteiger partial charge is 0.493 e. The summed E-state index contributed by atoms with van der Waals surface area (Å²) in [6, 6.07) is 9.77. The molecule has 198 valence electrons. The molecule has 2 heterocycles. The first-order valence-corrected chi connectivity index (χ1v) is 12.7. The van der Waals surface area contributed by atoms with Crippen molar-refractivity contribution < 1.29 is 28.5 Å². The third-order valence-electron chi connectivity index (χ3n) is 6.58. The smallest absolute Gasteiger partial charge is 0.254 e. The van der Waals surface area contributed by atoms with Crippen molar-refractivity contribution in [1.29, 1.82) is 0 Å². The molecule has 1 unspecified atom stereocenters. The minimum atomic E-state index is -0.0882. The predicted molar refractivity (Wildman–Crippen MR) is 140 cm³/mol. The third-order valence-corrected chi connectivity index (χ3v) is 6.58. The molecule has 0 radical (unpaired) electrons. The van der Waals surface area contributed by atoms with E-state index >= 15 is 0 Å². The van der Waals surface area contributed by atoms with Gasteiger partial charge in [0.2, 0.25) is 5.75 Å². The topological polar surface area (TPSA) is 69.7 Å². The molecule has 0 N–H and O–H groups in total. The summed E-state index contributed by atoms with van der Waals surface area (Å²) in [6.07, 6.45) is 3.27. The van der Waals surface area contributed by atoms with Gasteiger partial charge >= 0.3 is 0 Å². The highest BCUT2D eigenvalue weighted by molar-refractivity contribution is 5.95. The van der Waals surface area contributed by atoms with Crippen molar-refractivity contribution in [1.82, 2.24) is 9.80 Å². The van der Waals surface area contributed by atoms with Gasteiger partial charge in [0.25, 0.3) is 5.91 Å². The Bertz CT molecular complexity index is 987. The predicted octanol–water partition coefficient (Wildman–Crippen LogP) is 4.64. The molecule has 0 aliphatic carbocycles. The molecule has 36 heavy (non-hydrogen) atoms. The lowest BCUT2D eigenvalue weighted by Gasteiger charge is -2.28. The lowest BCUT2D eigenvalue weighted by molar-refractivity contribution is 0.0728. The van der Waals surface area contributed by atoms with E-state index in [2.05, 4.69) is 11.9 Å². The highest BCUT2D eigenvalue weighted by atomic mass is 16.6. The van der Waals surface area contributed by atoms with E-state index in [0.717, 1.165) is 36.4 Å². The van der Waals surface area contributed by atoms with Gasteiger partial charge in [0.15, 0.2) is 23.0 Å². The van der Waals surface area contributed by atoms with Crippen LogP contribution < -0.4 is 23.7 Å². The van der Waals surface area contributed by atoms with Gasteiger partial charge in [-0.15, -0.1) is 0 Å². The number of hydrogen-bond acceptors (Lipinski definition) is 7. The van der Waals surface area contributed by atoms with Gasteiger partial charge in [-0.25, -0.2) is 0 Å². The number of hydrogen-bond donors (Lipinski definition) is 0. The second kappa shape index (κ2) is 13.3. The van der Waals surface area contributed by atoms with Crippen molar-refractivity contribution >= 4 is 5.91 Å². The Morgan fingerprint density at radius 2 is 1.67 bits per heavy atom. The number of ether oxygens (including phenoxy) is 5. The summed E-state index contributed by atoms with van der Waals surface area (Å²) in [7, 11) is 6.81. The molecule has 0 saturated carbocycles. The summed E-state index contributed by atoms with van der Waals surface area (Å²) in [4.78, 5) is 18.0. The first-order valence-electron chi connectivity index (χ1n) is 12.7. The number of fused-ring (bicyclic) bond motifs is 1. The zero-order valence-electron chi connectivity index (χ0n) is 22.5. The average Bonchev–Trinajstić information content (AvgIpc) is 3.35. The number of nitrogens with zero attached hydrogens (tertiary/aromatic N) is 2. The molecule has 1 amide bonds. The maximum Gasteiger partial charge on any atom is 0.254 e. The summed E-state index contributed by atoms with van der Waals surface area (Å²) in [5.41, 5.74) is 1.48. The maximum atomic E-state index is 13.8. The van der Waals surface area contributed by atoms with Crippen molar-refractivity contribution in [2.75, 3.05) is 54.7 Å². The van der Waals surface area contributed by atoms with Crippen LogP contribution in [0.15, 0.2) is 30.3 Å². The molecule has 8 heteroatoms. The first kappa shape index (κ1) is 27.5. The normalized spacial score (nSPS) is 16.6.